The van der Waals surface area contributed by atoms with Gasteiger partial charge in [0.1, 0.15) is 23.9 Å². The molecule has 0 spiro atoms. The molecule has 0 unspecified atom stereocenters. The first kappa shape index (κ1) is 22.6. The molecule has 170 valence electrons. The molecule has 5 nitrogen and oxygen atoms in total. The highest BCUT2D eigenvalue weighted by Crippen LogP contribution is 2.41. The van der Waals surface area contributed by atoms with Gasteiger partial charge >= 0.3 is 5.97 Å². The first-order valence-electron chi connectivity index (χ1n) is 11.1. The smallest absolute Gasteiger partial charge is 0.308 e. The maximum absolute atomic E-state index is 11.3. The van der Waals surface area contributed by atoms with Crippen molar-refractivity contribution in [2.45, 2.75) is 13.3 Å². The molecule has 0 aliphatic carbocycles. The van der Waals surface area contributed by atoms with Gasteiger partial charge in [0.25, 0.3) is 0 Å². The Hall–Kier alpha value is -3.57. The Morgan fingerprint density at radius 1 is 0.909 bits per heavy atom. The van der Waals surface area contributed by atoms with Crippen LogP contribution in [0.5, 0.6) is 17.2 Å². The Bertz CT molecular complexity index is 1130. The first-order valence-corrected chi connectivity index (χ1v) is 11.1. The van der Waals surface area contributed by atoms with Gasteiger partial charge in [-0.25, -0.2) is 0 Å². The second kappa shape index (κ2) is 10.4. The average Bonchev–Trinajstić information content (AvgIpc) is 2.81. The maximum atomic E-state index is 11.3. The highest BCUT2D eigenvalue weighted by atomic mass is 16.5. The van der Waals surface area contributed by atoms with Crippen molar-refractivity contribution < 1.29 is 19.0 Å². The van der Waals surface area contributed by atoms with Crippen molar-refractivity contribution in [3.63, 3.8) is 0 Å². The summed E-state index contributed by atoms with van der Waals surface area (Å²) in [4.78, 5) is 13.4. The molecule has 0 saturated heterocycles. The van der Waals surface area contributed by atoms with Crippen LogP contribution in [0.3, 0.4) is 0 Å². The van der Waals surface area contributed by atoms with Crippen LogP contribution in [0.25, 0.3) is 11.1 Å². The number of para-hydroxylation sites is 1. The minimum Gasteiger partial charge on any atom is -0.493 e. The van der Waals surface area contributed by atoms with E-state index >= 15 is 0 Å². The number of hydrogen-bond donors (Lipinski definition) is 0. The van der Waals surface area contributed by atoms with Crippen molar-refractivity contribution in [1.82, 2.24) is 4.90 Å². The number of ether oxygens (including phenoxy) is 3. The van der Waals surface area contributed by atoms with Gasteiger partial charge < -0.3 is 19.1 Å². The van der Waals surface area contributed by atoms with E-state index in [1.54, 1.807) is 0 Å². The van der Waals surface area contributed by atoms with Crippen LogP contribution in [0.2, 0.25) is 0 Å². The van der Waals surface area contributed by atoms with E-state index in [1.807, 2.05) is 68.7 Å². The highest BCUT2D eigenvalue weighted by molar-refractivity contribution is 6.00. The van der Waals surface area contributed by atoms with Crippen molar-refractivity contribution in [1.29, 1.82) is 0 Å². The van der Waals surface area contributed by atoms with Crippen LogP contribution >= 0.6 is 0 Å². The van der Waals surface area contributed by atoms with Crippen LogP contribution in [-0.2, 0) is 4.79 Å². The number of hydrogen-bond acceptors (Lipinski definition) is 5. The maximum Gasteiger partial charge on any atom is 0.308 e. The minimum atomic E-state index is -0.329. The van der Waals surface area contributed by atoms with Crippen LogP contribution in [0.15, 0.2) is 72.8 Å². The zero-order valence-electron chi connectivity index (χ0n) is 19.3. The first-order chi connectivity index (χ1) is 16.0. The predicted octanol–water partition coefficient (Wildman–Crippen LogP) is 5.29. The molecule has 1 aliphatic rings. The zero-order chi connectivity index (χ0) is 23.2. The second-order valence-electron chi connectivity index (χ2n) is 8.24. The number of benzene rings is 3. The third-order valence-electron chi connectivity index (χ3n) is 5.48. The standard InChI is InChI=1S/C28H29NO4/c1-20(30)33-24-14-10-22(11-15-24)28(26-16-18-32-27-7-5-4-6-25(26)27)21-8-12-23(13-9-21)31-19-17-29(2)3/h4-15H,16-19H2,1-3H3. The summed E-state index contributed by atoms with van der Waals surface area (Å²) >= 11 is 0. The third kappa shape index (κ3) is 5.62. The molecule has 33 heavy (non-hydrogen) atoms. The van der Waals surface area contributed by atoms with Gasteiger partial charge in [-0.2, -0.15) is 0 Å². The van der Waals surface area contributed by atoms with Gasteiger partial charge in [-0.3, -0.25) is 4.79 Å². The van der Waals surface area contributed by atoms with Gasteiger partial charge in [-0.05, 0) is 66.7 Å². The Kier molecular flexibility index (Phi) is 7.10. The van der Waals surface area contributed by atoms with Crippen molar-refractivity contribution in [2.75, 3.05) is 33.9 Å². The van der Waals surface area contributed by atoms with Crippen LogP contribution < -0.4 is 14.2 Å². The van der Waals surface area contributed by atoms with Gasteiger partial charge in [0.15, 0.2) is 0 Å². The van der Waals surface area contributed by atoms with E-state index in [0.29, 0.717) is 19.0 Å². The fourth-order valence-electron chi connectivity index (χ4n) is 3.93. The van der Waals surface area contributed by atoms with Crippen LogP contribution in [0.1, 0.15) is 30.0 Å². The summed E-state index contributed by atoms with van der Waals surface area (Å²) in [5.74, 6) is 1.95. The summed E-state index contributed by atoms with van der Waals surface area (Å²) in [7, 11) is 4.06. The lowest BCUT2D eigenvalue weighted by atomic mass is 9.87. The second-order valence-corrected chi connectivity index (χ2v) is 8.24. The molecule has 0 N–H and O–H groups in total. The summed E-state index contributed by atoms with van der Waals surface area (Å²) < 4.78 is 17.0. The number of likely N-dealkylation sites (N-methyl/N-ethyl adjacent to an activating group) is 1. The lowest BCUT2D eigenvalue weighted by Gasteiger charge is -2.24. The number of carbonyl (C=O) groups is 1. The Labute approximate surface area is 195 Å². The van der Waals surface area contributed by atoms with E-state index in [4.69, 9.17) is 14.2 Å². The topological polar surface area (TPSA) is 48.0 Å². The lowest BCUT2D eigenvalue weighted by molar-refractivity contribution is -0.131. The molecule has 0 bridgehead atoms. The largest absolute Gasteiger partial charge is 0.493 e. The molecule has 0 atom stereocenters. The number of esters is 1. The molecule has 5 heteroatoms. The molecule has 3 aromatic carbocycles. The SMILES string of the molecule is CC(=O)Oc1ccc(C(=C2CCOc3ccccc32)c2ccc(OCCN(C)C)cc2)cc1. The number of rotatable bonds is 7. The van der Waals surface area contributed by atoms with Crippen molar-refractivity contribution in [3.05, 3.63) is 89.5 Å². The molecule has 0 radical (unpaired) electrons. The molecule has 3 aromatic rings. The molecular weight excluding hydrogens is 414 g/mol. The summed E-state index contributed by atoms with van der Waals surface area (Å²) in [6.45, 7) is 3.54. The summed E-state index contributed by atoms with van der Waals surface area (Å²) in [6.07, 6.45) is 0.805. The molecule has 0 saturated carbocycles. The van der Waals surface area contributed by atoms with Crippen molar-refractivity contribution >= 4 is 17.1 Å². The lowest BCUT2D eigenvalue weighted by Crippen LogP contribution is -2.19. The Balaban J connectivity index is 1.74. The van der Waals surface area contributed by atoms with E-state index < -0.39 is 0 Å². The van der Waals surface area contributed by atoms with Crippen LogP contribution in [-0.4, -0.2) is 44.7 Å². The van der Waals surface area contributed by atoms with E-state index in [1.165, 1.54) is 12.5 Å². The fraction of sp³-hybridized carbons (Fsp3) is 0.250. The molecule has 1 heterocycles. The minimum absolute atomic E-state index is 0.329. The van der Waals surface area contributed by atoms with Gasteiger partial charge in [-0.1, -0.05) is 42.5 Å². The number of fused-ring (bicyclic) bond motifs is 1. The summed E-state index contributed by atoms with van der Waals surface area (Å²) in [6, 6.07) is 24.1. The fourth-order valence-corrected chi connectivity index (χ4v) is 3.93. The molecule has 0 aromatic heterocycles. The van der Waals surface area contributed by atoms with Crippen molar-refractivity contribution in [3.8, 4) is 17.2 Å². The monoisotopic (exact) mass is 443 g/mol. The molecule has 4 rings (SSSR count). The van der Waals surface area contributed by atoms with E-state index in [9.17, 15) is 4.79 Å². The quantitative estimate of drug-likeness (QED) is 0.367. The molecule has 0 fully saturated rings. The number of nitrogens with zero attached hydrogens (tertiary/aromatic N) is 1. The Morgan fingerprint density at radius 3 is 2.18 bits per heavy atom. The van der Waals surface area contributed by atoms with Gasteiger partial charge in [0.2, 0.25) is 0 Å². The molecule has 1 aliphatic heterocycles. The summed E-state index contributed by atoms with van der Waals surface area (Å²) in [5.41, 5.74) is 5.63. The number of carbonyl (C=O) groups excluding carboxylic acids is 1. The molecular formula is C28H29NO4. The highest BCUT2D eigenvalue weighted by Gasteiger charge is 2.21. The van der Waals surface area contributed by atoms with Gasteiger partial charge in [0.05, 0.1) is 6.61 Å². The normalized spacial score (nSPS) is 14.3. The van der Waals surface area contributed by atoms with Gasteiger partial charge in [-0.15, -0.1) is 0 Å². The zero-order valence-corrected chi connectivity index (χ0v) is 19.3. The molecule has 0 amide bonds. The van der Waals surface area contributed by atoms with Gasteiger partial charge in [0, 0.05) is 25.5 Å². The van der Waals surface area contributed by atoms with E-state index in [-0.39, 0.29) is 5.97 Å². The predicted molar refractivity (Wildman–Crippen MR) is 131 cm³/mol. The van der Waals surface area contributed by atoms with Crippen LogP contribution in [0.4, 0.5) is 0 Å². The van der Waals surface area contributed by atoms with Crippen molar-refractivity contribution in [2.24, 2.45) is 0 Å². The average molecular weight is 444 g/mol. The third-order valence-corrected chi connectivity index (χ3v) is 5.48. The van der Waals surface area contributed by atoms with E-state index in [0.717, 1.165) is 46.7 Å². The Morgan fingerprint density at radius 2 is 1.55 bits per heavy atom. The van der Waals surface area contributed by atoms with Crippen LogP contribution in [0, 0.1) is 0 Å². The summed E-state index contributed by atoms with van der Waals surface area (Å²) in [5, 5.41) is 0. The van der Waals surface area contributed by atoms with E-state index in [2.05, 4.69) is 23.1 Å².